The number of nitrogens with one attached hydrogen (secondary N) is 2. The molecule has 1 aromatic carbocycles. The number of para-hydroxylation sites is 1. The van der Waals surface area contributed by atoms with Crippen molar-refractivity contribution in [2.75, 3.05) is 0 Å². The van der Waals surface area contributed by atoms with E-state index in [-0.39, 0.29) is 18.1 Å². The highest BCUT2D eigenvalue weighted by Crippen LogP contribution is 2.17. The van der Waals surface area contributed by atoms with Crippen LogP contribution in [0.3, 0.4) is 0 Å². The highest BCUT2D eigenvalue weighted by atomic mass is 16.1. The molecule has 0 spiro atoms. The smallest absolute Gasteiger partial charge is 0.229 e. The fourth-order valence-electron chi connectivity index (χ4n) is 1.69. The molecule has 1 amide bonds. The lowest BCUT2D eigenvalue weighted by molar-refractivity contribution is -0.119. The summed E-state index contributed by atoms with van der Waals surface area (Å²) in [7, 11) is 0. The van der Waals surface area contributed by atoms with E-state index in [0.717, 1.165) is 16.5 Å². The van der Waals surface area contributed by atoms with Crippen molar-refractivity contribution in [2.24, 2.45) is 5.73 Å². The molecule has 0 bridgehead atoms. The number of hydrogen-bond acceptors (Lipinski definition) is 2. The largest absolute Gasteiger partial charge is 0.386 e. The fourth-order valence-corrected chi connectivity index (χ4v) is 1.69. The number of rotatable bonds is 3. The Morgan fingerprint density at radius 1 is 1.44 bits per heavy atom. The number of aromatic nitrogens is 1. The molecule has 0 atom stereocenters. The molecule has 2 aromatic rings. The Labute approximate surface area is 93.1 Å². The lowest BCUT2D eigenvalue weighted by Gasteiger charge is -2.04. The van der Waals surface area contributed by atoms with Crippen LogP contribution < -0.4 is 11.1 Å². The second kappa shape index (κ2) is 4.10. The van der Waals surface area contributed by atoms with Crippen molar-refractivity contribution in [3.8, 4) is 0 Å². The number of fused-ring (bicyclic) bond motifs is 1. The quantitative estimate of drug-likeness (QED) is 0.721. The first kappa shape index (κ1) is 10.3. The molecule has 2 rings (SSSR count). The molecule has 1 heterocycles. The van der Waals surface area contributed by atoms with Crippen molar-refractivity contribution in [1.82, 2.24) is 10.3 Å². The van der Waals surface area contributed by atoms with Crippen molar-refractivity contribution >= 4 is 16.8 Å². The molecule has 0 radical (unpaired) electrons. The summed E-state index contributed by atoms with van der Waals surface area (Å²) in [6, 6.07) is 7.81. The lowest BCUT2D eigenvalue weighted by atomic mass is 10.1. The van der Waals surface area contributed by atoms with Gasteiger partial charge in [-0.1, -0.05) is 24.8 Å². The van der Waals surface area contributed by atoms with Gasteiger partial charge in [-0.25, -0.2) is 0 Å². The topological polar surface area (TPSA) is 70.9 Å². The zero-order valence-electron chi connectivity index (χ0n) is 8.79. The van der Waals surface area contributed by atoms with Crippen LogP contribution >= 0.6 is 0 Å². The van der Waals surface area contributed by atoms with E-state index < -0.39 is 0 Å². The van der Waals surface area contributed by atoms with Crippen LogP contribution in [0.4, 0.5) is 0 Å². The number of nitrogens with two attached hydrogens (primary N) is 1. The lowest BCUT2D eigenvalue weighted by Crippen LogP contribution is -2.27. The van der Waals surface area contributed by atoms with Crippen LogP contribution in [0.2, 0.25) is 0 Å². The SMILES string of the molecule is C=C(N)NC(=O)Cc1cccc2cc[nH]c12. The Morgan fingerprint density at radius 3 is 3.00 bits per heavy atom. The maximum Gasteiger partial charge on any atom is 0.229 e. The van der Waals surface area contributed by atoms with Crippen LogP contribution in [-0.2, 0) is 11.2 Å². The van der Waals surface area contributed by atoms with Gasteiger partial charge in [-0.15, -0.1) is 0 Å². The summed E-state index contributed by atoms with van der Waals surface area (Å²) >= 11 is 0. The molecule has 82 valence electrons. The van der Waals surface area contributed by atoms with Crippen LogP contribution in [0.25, 0.3) is 10.9 Å². The second-order valence-electron chi connectivity index (χ2n) is 3.61. The summed E-state index contributed by atoms with van der Waals surface area (Å²) in [5, 5.41) is 3.57. The van der Waals surface area contributed by atoms with Crippen LogP contribution in [-0.4, -0.2) is 10.9 Å². The summed E-state index contributed by atoms with van der Waals surface area (Å²) in [5.74, 6) is 0.0123. The molecule has 0 aliphatic carbocycles. The van der Waals surface area contributed by atoms with E-state index in [2.05, 4.69) is 16.9 Å². The van der Waals surface area contributed by atoms with E-state index in [0.29, 0.717) is 0 Å². The molecular weight excluding hydrogens is 202 g/mol. The Kier molecular flexibility index (Phi) is 2.64. The van der Waals surface area contributed by atoms with Gasteiger partial charge in [0.25, 0.3) is 0 Å². The fraction of sp³-hybridized carbons (Fsp3) is 0.0833. The minimum atomic E-state index is -0.158. The average molecular weight is 215 g/mol. The molecule has 0 aliphatic rings. The summed E-state index contributed by atoms with van der Waals surface area (Å²) in [4.78, 5) is 14.6. The average Bonchev–Trinajstić information content (AvgIpc) is 2.65. The Morgan fingerprint density at radius 2 is 2.25 bits per heavy atom. The van der Waals surface area contributed by atoms with E-state index in [1.54, 1.807) is 0 Å². The first-order valence-electron chi connectivity index (χ1n) is 4.96. The van der Waals surface area contributed by atoms with Crippen LogP contribution in [0, 0.1) is 0 Å². The van der Waals surface area contributed by atoms with Gasteiger partial charge < -0.3 is 16.0 Å². The van der Waals surface area contributed by atoms with Crippen molar-refractivity contribution in [2.45, 2.75) is 6.42 Å². The van der Waals surface area contributed by atoms with Gasteiger partial charge in [0.15, 0.2) is 0 Å². The van der Waals surface area contributed by atoms with Gasteiger partial charge >= 0.3 is 0 Å². The third kappa shape index (κ3) is 2.06. The number of aromatic amines is 1. The van der Waals surface area contributed by atoms with Crippen molar-refractivity contribution in [1.29, 1.82) is 0 Å². The molecule has 0 saturated heterocycles. The predicted octanol–water partition coefficient (Wildman–Crippen LogP) is 1.26. The number of carbonyl (C=O) groups excluding carboxylic acids is 1. The number of amides is 1. The van der Waals surface area contributed by atoms with Crippen molar-refractivity contribution in [3.05, 3.63) is 48.4 Å². The third-order valence-corrected chi connectivity index (χ3v) is 2.32. The third-order valence-electron chi connectivity index (χ3n) is 2.32. The molecule has 4 nitrogen and oxygen atoms in total. The monoisotopic (exact) mass is 215 g/mol. The summed E-state index contributed by atoms with van der Waals surface area (Å²) in [5.41, 5.74) is 7.24. The van der Waals surface area contributed by atoms with Crippen LogP contribution in [0.15, 0.2) is 42.9 Å². The highest BCUT2D eigenvalue weighted by Gasteiger charge is 2.07. The molecule has 1 aromatic heterocycles. The van der Waals surface area contributed by atoms with Gasteiger partial charge in [-0.2, -0.15) is 0 Å². The zero-order valence-corrected chi connectivity index (χ0v) is 8.79. The van der Waals surface area contributed by atoms with Gasteiger partial charge in [-0.05, 0) is 17.0 Å². The van der Waals surface area contributed by atoms with Gasteiger partial charge in [0.2, 0.25) is 5.91 Å². The number of hydrogen-bond donors (Lipinski definition) is 3. The normalized spacial score (nSPS) is 10.2. The Hall–Kier alpha value is -2.23. The molecule has 0 saturated carbocycles. The van der Waals surface area contributed by atoms with Crippen molar-refractivity contribution < 1.29 is 4.79 Å². The molecule has 4 heteroatoms. The molecule has 0 aliphatic heterocycles. The van der Waals surface area contributed by atoms with Crippen molar-refractivity contribution in [3.63, 3.8) is 0 Å². The van der Waals surface area contributed by atoms with Gasteiger partial charge in [0, 0.05) is 11.7 Å². The number of benzene rings is 1. The van der Waals surface area contributed by atoms with E-state index in [1.165, 1.54) is 0 Å². The van der Waals surface area contributed by atoms with Gasteiger partial charge in [0.1, 0.15) is 0 Å². The van der Waals surface area contributed by atoms with E-state index >= 15 is 0 Å². The highest BCUT2D eigenvalue weighted by molar-refractivity contribution is 5.88. The number of carbonyl (C=O) groups is 1. The summed E-state index contributed by atoms with van der Waals surface area (Å²) in [6.45, 7) is 3.43. The molecule has 0 fully saturated rings. The van der Waals surface area contributed by atoms with E-state index in [1.807, 2.05) is 30.5 Å². The first-order valence-corrected chi connectivity index (χ1v) is 4.96. The first-order chi connectivity index (χ1) is 7.66. The maximum atomic E-state index is 11.5. The summed E-state index contributed by atoms with van der Waals surface area (Å²) < 4.78 is 0. The molecule has 4 N–H and O–H groups in total. The molecule has 16 heavy (non-hydrogen) atoms. The maximum absolute atomic E-state index is 11.5. The minimum Gasteiger partial charge on any atom is -0.386 e. The minimum absolute atomic E-state index is 0.158. The van der Waals surface area contributed by atoms with Crippen LogP contribution in [0.5, 0.6) is 0 Å². The number of H-pyrrole nitrogens is 1. The Bertz CT molecular complexity index is 542. The zero-order chi connectivity index (χ0) is 11.5. The van der Waals surface area contributed by atoms with E-state index in [9.17, 15) is 4.79 Å². The predicted molar refractivity (Wildman–Crippen MR) is 63.5 cm³/mol. The summed E-state index contributed by atoms with van der Waals surface area (Å²) in [6.07, 6.45) is 2.14. The Balaban J connectivity index is 2.24. The van der Waals surface area contributed by atoms with Crippen LogP contribution in [0.1, 0.15) is 5.56 Å². The molecular formula is C12H13N3O. The van der Waals surface area contributed by atoms with E-state index in [4.69, 9.17) is 5.73 Å². The van der Waals surface area contributed by atoms with Gasteiger partial charge in [0.05, 0.1) is 12.2 Å². The van der Waals surface area contributed by atoms with Gasteiger partial charge in [-0.3, -0.25) is 4.79 Å². The standard InChI is InChI=1S/C12H13N3O/c1-8(13)15-11(16)7-10-4-2-3-9-5-6-14-12(9)10/h2-6,14H,1,7,13H2,(H,15,16). The molecule has 0 unspecified atom stereocenters. The second-order valence-corrected chi connectivity index (χ2v) is 3.61.